The van der Waals surface area contributed by atoms with Crippen molar-refractivity contribution in [2.24, 2.45) is 5.41 Å². The third kappa shape index (κ3) is 2.37. The van der Waals surface area contributed by atoms with Gasteiger partial charge >= 0.3 is 0 Å². The molecule has 1 unspecified atom stereocenters. The summed E-state index contributed by atoms with van der Waals surface area (Å²) >= 11 is 0. The minimum absolute atomic E-state index is 0.0671. The van der Waals surface area contributed by atoms with Crippen molar-refractivity contribution < 1.29 is 4.79 Å². The lowest BCUT2D eigenvalue weighted by atomic mass is 9.87. The van der Waals surface area contributed by atoms with Gasteiger partial charge in [-0.2, -0.15) is 0 Å². The summed E-state index contributed by atoms with van der Waals surface area (Å²) in [7, 11) is 0. The SMILES string of the molecule is C=CC(C)(CC)C(=O)NCC. The van der Waals surface area contributed by atoms with E-state index in [0.29, 0.717) is 6.54 Å². The van der Waals surface area contributed by atoms with Crippen LogP contribution in [0, 0.1) is 5.41 Å². The molecule has 0 bridgehead atoms. The Morgan fingerprint density at radius 1 is 1.64 bits per heavy atom. The van der Waals surface area contributed by atoms with Crippen molar-refractivity contribution >= 4 is 5.91 Å². The first-order valence-corrected chi connectivity index (χ1v) is 4.02. The quantitative estimate of drug-likeness (QED) is 0.615. The van der Waals surface area contributed by atoms with Crippen LogP contribution >= 0.6 is 0 Å². The number of carbonyl (C=O) groups excluding carboxylic acids is 1. The highest BCUT2D eigenvalue weighted by molar-refractivity contribution is 5.83. The average molecular weight is 155 g/mol. The van der Waals surface area contributed by atoms with E-state index in [1.807, 2.05) is 20.8 Å². The second-order valence-electron chi connectivity index (χ2n) is 2.83. The number of rotatable bonds is 4. The lowest BCUT2D eigenvalue weighted by molar-refractivity contribution is -0.127. The fourth-order valence-electron chi connectivity index (χ4n) is 0.760. The van der Waals surface area contributed by atoms with E-state index >= 15 is 0 Å². The van der Waals surface area contributed by atoms with Crippen LogP contribution in [0.25, 0.3) is 0 Å². The van der Waals surface area contributed by atoms with Gasteiger partial charge in [0.1, 0.15) is 0 Å². The van der Waals surface area contributed by atoms with Gasteiger partial charge in [0, 0.05) is 6.54 Å². The molecular formula is C9H17NO. The van der Waals surface area contributed by atoms with Crippen molar-refractivity contribution in [3.05, 3.63) is 12.7 Å². The smallest absolute Gasteiger partial charge is 0.229 e. The van der Waals surface area contributed by atoms with Crippen LogP contribution in [-0.2, 0) is 4.79 Å². The summed E-state index contributed by atoms with van der Waals surface area (Å²) in [5.74, 6) is 0.0671. The van der Waals surface area contributed by atoms with Crippen LogP contribution < -0.4 is 5.32 Å². The van der Waals surface area contributed by atoms with Gasteiger partial charge in [0.2, 0.25) is 5.91 Å². The average Bonchev–Trinajstić information content (AvgIpc) is 2.03. The van der Waals surface area contributed by atoms with Crippen LogP contribution in [0.4, 0.5) is 0 Å². The van der Waals surface area contributed by atoms with E-state index in [2.05, 4.69) is 11.9 Å². The Bertz CT molecular complexity index is 154. The van der Waals surface area contributed by atoms with E-state index in [-0.39, 0.29) is 5.91 Å². The van der Waals surface area contributed by atoms with Crippen LogP contribution in [0.2, 0.25) is 0 Å². The lowest BCUT2D eigenvalue weighted by Gasteiger charge is -2.21. The van der Waals surface area contributed by atoms with E-state index in [0.717, 1.165) is 6.42 Å². The number of hydrogen-bond acceptors (Lipinski definition) is 1. The molecule has 2 nitrogen and oxygen atoms in total. The molecule has 0 aromatic rings. The molecule has 1 N–H and O–H groups in total. The summed E-state index contributed by atoms with van der Waals surface area (Å²) in [5.41, 5.74) is -0.393. The van der Waals surface area contributed by atoms with Crippen LogP contribution in [-0.4, -0.2) is 12.5 Å². The number of amides is 1. The molecular weight excluding hydrogens is 138 g/mol. The van der Waals surface area contributed by atoms with Crippen molar-refractivity contribution in [1.29, 1.82) is 0 Å². The summed E-state index contributed by atoms with van der Waals surface area (Å²) in [6, 6.07) is 0. The summed E-state index contributed by atoms with van der Waals surface area (Å²) in [4.78, 5) is 11.3. The molecule has 0 radical (unpaired) electrons. The van der Waals surface area contributed by atoms with Crippen LogP contribution in [0.5, 0.6) is 0 Å². The maximum Gasteiger partial charge on any atom is 0.229 e. The van der Waals surface area contributed by atoms with Gasteiger partial charge in [0.15, 0.2) is 0 Å². The third-order valence-corrected chi connectivity index (χ3v) is 2.04. The van der Waals surface area contributed by atoms with Crippen molar-refractivity contribution in [1.82, 2.24) is 5.32 Å². The standard InChI is InChI=1S/C9H17NO/c1-5-9(4,6-2)8(11)10-7-3/h5H,1,6-7H2,2-4H3,(H,10,11). The molecule has 2 heteroatoms. The number of nitrogens with one attached hydrogen (secondary N) is 1. The van der Waals surface area contributed by atoms with Crippen molar-refractivity contribution in [2.75, 3.05) is 6.54 Å². The van der Waals surface area contributed by atoms with E-state index in [4.69, 9.17) is 0 Å². The van der Waals surface area contributed by atoms with E-state index < -0.39 is 5.41 Å². The Labute approximate surface area is 68.7 Å². The highest BCUT2D eigenvalue weighted by atomic mass is 16.2. The molecule has 0 aliphatic carbocycles. The highest BCUT2D eigenvalue weighted by Crippen LogP contribution is 2.21. The van der Waals surface area contributed by atoms with Gasteiger partial charge in [0.05, 0.1) is 5.41 Å². The molecule has 0 saturated heterocycles. The molecule has 1 atom stereocenters. The van der Waals surface area contributed by atoms with Crippen LogP contribution in [0.1, 0.15) is 27.2 Å². The fraction of sp³-hybridized carbons (Fsp3) is 0.667. The lowest BCUT2D eigenvalue weighted by Crippen LogP contribution is -2.36. The molecule has 0 fully saturated rings. The van der Waals surface area contributed by atoms with Crippen molar-refractivity contribution in [3.8, 4) is 0 Å². The minimum atomic E-state index is -0.393. The number of carbonyl (C=O) groups is 1. The van der Waals surface area contributed by atoms with Gasteiger partial charge in [-0.1, -0.05) is 13.0 Å². The predicted octanol–water partition coefficient (Wildman–Crippen LogP) is 1.72. The molecule has 0 aromatic carbocycles. The largest absolute Gasteiger partial charge is 0.356 e. The molecule has 0 aliphatic rings. The van der Waals surface area contributed by atoms with Crippen molar-refractivity contribution in [3.63, 3.8) is 0 Å². The van der Waals surface area contributed by atoms with Gasteiger partial charge < -0.3 is 5.32 Å². The maximum absolute atomic E-state index is 11.3. The zero-order valence-electron chi connectivity index (χ0n) is 7.61. The maximum atomic E-state index is 11.3. The molecule has 0 saturated carbocycles. The van der Waals surface area contributed by atoms with Gasteiger partial charge in [0.25, 0.3) is 0 Å². The van der Waals surface area contributed by atoms with Gasteiger partial charge in [-0.05, 0) is 20.3 Å². The molecule has 0 aromatic heterocycles. The second kappa shape index (κ2) is 4.16. The number of hydrogen-bond donors (Lipinski definition) is 1. The predicted molar refractivity (Wildman–Crippen MR) is 47.3 cm³/mol. The molecule has 0 aliphatic heterocycles. The molecule has 1 amide bonds. The zero-order chi connectivity index (χ0) is 8.91. The minimum Gasteiger partial charge on any atom is -0.356 e. The fourth-order valence-corrected chi connectivity index (χ4v) is 0.760. The van der Waals surface area contributed by atoms with E-state index in [1.165, 1.54) is 0 Å². The van der Waals surface area contributed by atoms with E-state index in [9.17, 15) is 4.79 Å². The molecule has 0 spiro atoms. The Balaban J connectivity index is 4.24. The third-order valence-electron chi connectivity index (χ3n) is 2.04. The monoisotopic (exact) mass is 155 g/mol. The Hall–Kier alpha value is -0.790. The highest BCUT2D eigenvalue weighted by Gasteiger charge is 2.26. The first kappa shape index (κ1) is 10.2. The molecule has 0 heterocycles. The Morgan fingerprint density at radius 3 is 2.45 bits per heavy atom. The van der Waals surface area contributed by atoms with Gasteiger partial charge in [-0.15, -0.1) is 6.58 Å². The molecule has 64 valence electrons. The summed E-state index contributed by atoms with van der Waals surface area (Å²) in [6.07, 6.45) is 2.50. The molecule has 0 rings (SSSR count). The molecule has 11 heavy (non-hydrogen) atoms. The topological polar surface area (TPSA) is 29.1 Å². The Morgan fingerprint density at radius 2 is 2.18 bits per heavy atom. The summed E-state index contributed by atoms with van der Waals surface area (Å²) in [5, 5.41) is 2.78. The van der Waals surface area contributed by atoms with Gasteiger partial charge in [-0.25, -0.2) is 0 Å². The van der Waals surface area contributed by atoms with Crippen molar-refractivity contribution in [2.45, 2.75) is 27.2 Å². The first-order valence-electron chi connectivity index (χ1n) is 4.02. The normalized spacial score (nSPS) is 15.2. The van der Waals surface area contributed by atoms with Gasteiger partial charge in [-0.3, -0.25) is 4.79 Å². The Kier molecular flexibility index (Phi) is 3.86. The zero-order valence-corrected chi connectivity index (χ0v) is 7.61. The summed E-state index contributed by atoms with van der Waals surface area (Å²) < 4.78 is 0. The van der Waals surface area contributed by atoms with Crippen LogP contribution in [0.15, 0.2) is 12.7 Å². The first-order chi connectivity index (χ1) is 5.10. The van der Waals surface area contributed by atoms with Crippen LogP contribution in [0.3, 0.4) is 0 Å². The van der Waals surface area contributed by atoms with E-state index in [1.54, 1.807) is 6.08 Å². The second-order valence-corrected chi connectivity index (χ2v) is 2.83. The summed E-state index contributed by atoms with van der Waals surface area (Å²) in [6.45, 7) is 10.1.